The van der Waals surface area contributed by atoms with E-state index in [1.54, 1.807) is 18.2 Å². The number of carboxylic acids is 1. The lowest BCUT2D eigenvalue weighted by Crippen LogP contribution is -1.96. The summed E-state index contributed by atoms with van der Waals surface area (Å²) in [6.45, 7) is 4.18. The predicted molar refractivity (Wildman–Crippen MR) is 73.0 cm³/mol. The molecule has 18 heavy (non-hydrogen) atoms. The number of aryl methyl sites for hydroxylation is 2. The number of hydrogen-bond donors (Lipinski definition) is 1. The Labute approximate surface area is 107 Å². The van der Waals surface area contributed by atoms with Crippen molar-refractivity contribution in [2.75, 3.05) is 0 Å². The molecule has 0 atom stereocenters. The second kappa shape index (κ2) is 5.05. The fraction of sp³-hybridized carbons (Fsp3) is 0.188. The first-order chi connectivity index (χ1) is 8.61. The van der Waals surface area contributed by atoms with Gasteiger partial charge in [0.15, 0.2) is 0 Å². The first kappa shape index (κ1) is 12.4. The normalized spacial score (nSPS) is 10.3. The standard InChI is InChI=1S/C16H16O2/c1-3-12-7-8-15(11(2)9-12)13-5-4-6-14(10-13)16(17)18/h4-10H,3H2,1-2H3,(H,17,18). The molecule has 0 heterocycles. The van der Waals surface area contributed by atoms with Gasteiger partial charge in [-0.3, -0.25) is 0 Å². The molecule has 0 aliphatic carbocycles. The van der Waals surface area contributed by atoms with Crippen molar-refractivity contribution >= 4 is 5.97 Å². The molecule has 92 valence electrons. The van der Waals surface area contributed by atoms with Gasteiger partial charge in [0, 0.05) is 0 Å². The van der Waals surface area contributed by atoms with Gasteiger partial charge in [-0.2, -0.15) is 0 Å². The minimum Gasteiger partial charge on any atom is -0.478 e. The van der Waals surface area contributed by atoms with Crippen LogP contribution in [0.15, 0.2) is 42.5 Å². The van der Waals surface area contributed by atoms with Crippen molar-refractivity contribution in [1.82, 2.24) is 0 Å². The Kier molecular flexibility index (Phi) is 3.47. The van der Waals surface area contributed by atoms with Gasteiger partial charge in [-0.25, -0.2) is 4.79 Å². The molecule has 0 aromatic heterocycles. The Morgan fingerprint density at radius 2 is 1.94 bits per heavy atom. The van der Waals surface area contributed by atoms with Crippen LogP contribution < -0.4 is 0 Å². The molecule has 0 saturated carbocycles. The lowest BCUT2D eigenvalue weighted by molar-refractivity contribution is 0.0697. The molecule has 2 heteroatoms. The highest BCUT2D eigenvalue weighted by molar-refractivity contribution is 5.89. The van der Waals surface area contributed by atoms with Gasteiger partial charge in [0.2, 0.25) is 0 Å². The molecule has 0 radical (unpaired) electrons. The van der Waals surface area contributed by atoms with Crippen LogP contribution in [0, 0.1) is 6.92 Å². The Morgan fingerprint density at radius 3 is 2.56 bits per heavy atom. The fourth-order valence-corrected chi connectivity index (χ4v) is 2.09. The summed E-state index contributed by atoms with van der Waals surface area (Å²) in [6.07, 6.45) is 1.01. The van der Waals surface area contributed by atoms with Crippen LogP contribution in [0.3, 0.4) is 0 Å². The van der Waals surface area contributed by atoms with E-state index in [4.69, 9.17) is 5.11 Å². The van der Waals surface area contributed by atoms with Gasteiger partial charge < -0.3 is 5.11 Å². The van der Waals surface area contributed by atoms with E-state index in [1.807, 2.05) is 6.07 Å². The lowest BCUT2D eigenvalue weighted by Gasteiger charge is -2.08. The first-order valence-corrected chi connectivity index (χ1v) is 6.05. The van der Waals surface area contributed by atoms with E-state index >= 15 is 0 Å². The number of carboxylic acid groups (broad SMARTS) is 1. The molecular formula is C16H16O2. The van der Waals surface area contributed by atoms with Gasteiger partial charge in [-0.1, -0.05) is 37.3 Å². The molecule has 2 aromatic carbocycles. The Balaban J connectivity index is 2.48. The van der Waals surface area contributed by atoms with Crippen LogP contribution in [-0.4, -0.2) is 11.1 Å². The third-order valence-corrected chi connectivity index (χ3v) is 3.12. The number of benzene rings is 2. The van der Waals surface area contributed by atoms with Crippen LogP contribution in [0.1, 0.15) is 28.4 Å². The van der Waals surface area contributed by atoms with Crippen LogP contribution in [0.4, 0.5) is 0 Å². The average Bonchev–Trinajstić information content (AvgIpc) is 2.38. The molecule has 2 aromatic rings. The monoisotopic (exact) mass is 240 g/mol. The maximum Gasteiger partial charge on any atom is 0.335 e. The molecule has 2 nitrogen and oxygen atoms in total. The van der Waals surface area contributed by atoms with Crippen molar-refractivity contribution < 1.29 is 9.90 Å². The summed E-state index contributed by atoms with van der Waals surface area (Å²) in [4.78, 5) is 11.0. The summed E-state index contributed by atoms with van der Waals surface area (Å²) in [5.41, 5.74) is 4.85. The third kappa shape index (κ3) is 2.43. The molecule has 0 spiro atoms. The van der Waals surface area contributed by atoms with Crippen LogP contribution >= 0.6 is 0 Å². The number of hydrogen-bond acceptors (Lipinski definition) is 1. The Hall–Kier alpha value is -2.09. The van der Waals surface area contributed by atoms with Crippen molar-refractivity contribution in [3.05, 3.63) is 59.2 Å². The van der Waals surface area contributed by atoms with E-state index in [0.717, 1.165) is 17.5 Å². The van der Waals surface area contributed by atoms with Crippen LogP contribution in [-0.2, 0) is 6.42 Å². The summed E-state index contributed by atoms with van der Waals surface area (Å²) < 4.78 is 0. The van der Waals surface area contributed by atoms with E-state index in [2.05, 4.69) is 32.0 Å². The molecule has 0 aliphatic rings. The van der Waals surface area contributed by atoms with Crippen LogP contribution in [0.2, 0.25) is 0 Å². The molecule has 2 rings (SSSR count). The van der Waals surface area contributed by atoms with Crippen LogP contribution in [0.25, 0.3) is 11.1 Å². The molecule has 0 saturated heterocycles. The summed E-state index contributed by atoms with van der Waals surface area (Å²) in [7, 11) is 0. The summed E-state index contributed by atoms with van der Waals surface area (Å²) in [5.74, 6) is -0.889. The second-order valence-electron chi connectivity index (χ2n) is 4.39. The van der Waals surface area contributed by atoms with E-state index < -0.39 is 5.97 Å². The van der Waals surface area contributed by atoms with Crippen molar-refractivity contribution in [2.45, 2.75) is 20.3 Å². The Morgan fingerprint density at radius 1 is 1.17 bits per heavy atom. The zero-order valence-electron chi connectivity index (χ0n) is 10.6. The van der Waals surface area contributed by atoms with Gasteiger partial charge in [0.25, 0.3) is 0 Å². The number of rotatable bonds is 3. The topological polar surface area (TPSA) is 37.3 Å². The van der Waals surface area contributed by atoms with E-state index in [9.17, 15) is 4.79 Å². The minimum absolute atomic E-state index is 0.325. The molecule has 0 unspecified atom stereocenters. The summed E-state index contributed by atoms with van der Waals surface area (Å²) in [5, 5.41) is 9.01. The fourth-order valence-electron chi connectivity index (χ4n) is 2.09. The van der Waals surface area contributed by atoms with Gasteiger partial charge in [0.1, 0.15) is 0 Å². The van der Waals surface area contributed by atoms with Gasteiger partial charge in [-0.05, 0) is 47.7 Å². The lowest BCUT2D eigenvalue weighted by atomic mass is 9.96. The largest absolute Gasteiger partial charge is 0.478 e. The average molecular weight is 240 g/mol. The number of aromatic carboxylic acids is 1. The Bertz CT molecular complexity index is 585. The van der Waals surface area contributed by atoms with E-state index in [-0.39, 0.29) is 0 Å². The number of carbonyl (C=O) groups is 1. The molecule has 0 aliphatic heterocycles. The molecule has 1 N–H and O–H groups in total. The van der Waals surface area contributed by atoms with Crippen molar-refractivity contribution in [3.63, 3.8) is 0 Å². The van der Waals surface area contributed by atoms with E-state index in [0.29, 0.717) is 5.56 Å². The highest BCUT2D eigenvalue weighted by Crippen LogP contribution is 2.25. The van der Waals surface area contributed by atoms with Gasteiger partial charge >= 0.3 is 5.97 Å². The smallest absolute Gasteiger partial charge is 0.335 e. The quantitative estimate of drug-likeness (QED) is 0.882. The maximum absolute atomic E-state index is 11.0. The van der Waals surface area contributed by atoms with E-state index in [1.165, 1.54) is 11.1 Å². The summed E-state index contributed by atoms with van der Waals surface area (Å²) >= 11 is 0. The zero-order chi connectivity index (χ0) is 13.1. The van der Waals surface area contributed by atoms with Gasteiger partial charge in [-0.15, -0.1) is 0 Å². The highest BCUT2D eigenvalue weighted by Gasteiger charge is 2.06. The van der Waals surface area contributed by atoms with Gasteiger partial charge in [0.05, 0.1) is 5.56 Å². The molecule has 0 fully saturated rings. The maximum atomic E-state index is 11.0. The first-order valence-electron chi connectivity index (χ1n) is 6.05. The predicted octanol–water partition coefficient (Wildman–Crippen LogP) is 3.92. The molecular weight excluding hydrogens is 224 g/mol. The van der Waals surface area contributed by atoms with Crippen molar-refractivity contribution in [3.8, 4) is 11.1 Å². The second-order valence-corrected chi connectivity index (χ2v) is 4.39. The molecule has 0 bridgehead atoms. The van der Waals surface area contributed by atoms with Crippen LogP contribution in [0.5, 0.6) is 0 Å². The summed E-state index contributed by atoms with van der Waals surface area (Å²) in [6, 6.07) is 13.4. The minimum atomic E-state index is -0.889. The van der Waals surface area contributed by atoms with Crippen molar-refractivity contribution in [2.24, 2.45) is 0 Å². The highest BCUT2D eigenvalue weighted by atomic mass is 16.4. The van der Waals surface area contributed by atoms with Crippen molar-refractivity contribution in [1.29, 1.82) is 0 Å². The SMILES string of the molecule is CCc1ccc(-c2cccc(C(=O)O)c2)c(C)c1. The zero-order valence-corrected chi connectivity index (χ0v) is 10.6. The third-order valence-electron chi connectivity index (χ3n) is 3.12. The molecule has 0 amide bonds.